The quantitative estimate of drug-likeness (QED) is 0.525. The Bertz CT molecular complexity index is 385. The Morgan fingerprint density at radius 2 is 2.21 bits per heavy atom. The van der Waals surface area contributed by atoms with Gasteiger partial charge < -0.3 is 16.5 Å². The van der Waals surface area contributed by atoms with Crippen molar-refractivity contribution < 1.29 is 10.3 Å². The molecule has 0 saturated carbocycles. The molecule has 0 bridgehead atoms. The highest BCUT2D eigenvalue weighted by Crippen LogP contribution is 2.01. The molecule has 0 fully saturated rings. The number of Topliss-reactive ketones (excluding diaryl/α,β-unsaturated/α-hetero) is 1. The molecule has 0 aromatic carbocycles. The predicted molar refractivity (Wildman–Crippen MR) is 74.9 cm³/mol. The van der Waals surface area contributed by atoms with E-state index < -0.39 is 0 Å². The molecule has 0 aliphatic carbocycles. The van der Waals surface area contributed by atoms with Crippen molar-refractivity contribution in [1.29, 1.82) is 0 Å². The van der Waals surface area contributed by atoms with Crippen LogP contribution in [-0.4, -0.2) is 33.8 Å². The second kappa shape index (κ2) is 9.55. The molecule has 1 unspecified atom stereocenters. The Kier molecular flexibility index (Phi) is 8.86. The van der Waals surface area contributed by atoms with Gasteiger partial charge in [0.15, 0.2) is 5.78 Å². The molecule has 6 heteroatoms. The number of hydrogen-bond donors (Lipinski definition) is 2. The molecule has 1 heterocycles. The number of nitrogens with two attached hydrogens (primary N) is 1. The van der Waals surface area contributed by atoms with Gasteiger partial charge >= 0.3 is 0 Å². The van der Waals surface area contributed by atoms with E-state index in [4.69, 9.17) is 5.73 Å². The third-order valence-corrected chi connectivity index (χ3v) is 2.76. The maximum Gasteiger partial charge on any atom is 0.197 e. The van der Waals surface area contributed by atoms with Crippen LogP contribution in [0.1, 0.15) is 49.4 Å². The summed E-state index contributed by atoms with van der Waals surface area (Å²) < 4.78 is 0. The van der Waals surface area contributed by atoms with E-state index in [2.05, 4.69) is 22.2 Å². The summed E-state index contributed by atoms with van der Waals surface area (Å²) in [4.78, 5) is 20.2. The predicted octanol–water partition coefficient (Wildman–Crippen LogP) is 0.462. The smallest absolute Gasteiger partial charge is 0.197 e. The zero-order valence-electron chi connectivity index (χ0n) is 11.6. The first-order chi connectivity index (χ1) is 8.69. The summed E-state index contributed by atoms with van der Waals surface area (Å²) in [6, 6.07) is 1.41. The number of carbonyl (C=O) groups is 1. The highest BCUT2D eigenvalue weighted by Gasteiger charge is 2.16. The molecule has 0 amide bonds. The van der Waals surface area contributed by atoms with Gasteiger partial charge in [0.1, 0.15) is 11.5 Å². The summed E-state index contributed by atoms with van der Waals surface area (Å²) in [5.74, 6) is 0.489. The third kappa shape index (κ3) is 5.87. The van der Waals surface area contributed by atoms with Crippen LogP contribution in [0.3, 0.4) is 0 Å². The number of unbranched alkanes of at least 4 members (excludes halogenated alkanes) is 2. The van der Waals surface area contributed by atoms with Gasteiger partial charge in [-0.25, -0.2) is 9.97 Å². The topological polar surface area (TPSA) is 112 Å². The average Bonchev–Trinajstić information content (AvgIpc) is 2.42. The lowest BCUT2D eigenvalue weighted by molar-refractivity contribution is 0.0945. The zero-order valence-corrected chi connectivity index (χ0v) is 11.6. The highest BCUT2D eigenvalue weighted by molar-refractivity contribution is 5.98. The molecule has 5 N–H and O–H groups in total. The minimum Gasteiger partial charge on any atom is -0.412 e. The maximum absolute atomic E-state index is 12.1. The molecule has 1 atom stereocenters. The van der Waals surface area contributed by atoms with Gasteiger partial charge in [-0.1, -0.05) is 19.8 Å². The van der Waals surface area contributed by atoms with Crippen molar-refractivity contribution in [3.05, 3.63) is 23.8 Å². The lowest BCUT2D eigenvalue weighted by Crippen LogP contribution is -2.35. The van der Waals surface area contributed by atoms with E-state index in [-0.39, 0.29) is 23.8 Å². The molecule has 108 valence electrons. The first-order valence-electron chi connectivity index (χ1n) is 6.48. The third-order valence-electron chi connectivity index (χ3n) is 2.76. The van der Waals surface area contributed by atoms with Gasteiger partial charge in [0.2, 0.25) is 0 Å². The van der Waals surface area contributed by atoms with Crippen molar-refractivity contribution in [3.63, 3.8) is 0 Å². The van der Waals surface area contributed by atoms with Gasteiger partial charge in [0.05, 0.1) is 12.6 Å². The van der Waals surface area contributed by atoms with Crippen molar-refractivity contribution >= 4 is 5.78 Å². The van der Waals surface area contributed by atoms with Crippen molar-refractivity contribution in [1.82, 2.24) is 15.3 Å². The van der Waals surface area contributed by atoms with Crippen molar-refractivity contribution in [2.24, 2.45) is 5.73 Å². The van der Waals surface area contributed by atoms with Crippen molar-refractivity contribution in [2.45, 2.75) is 45.7 Å². The van der Waals surface area contributed by atoms with Crippen LogP contribution in [-0.2, 0) is 6.54 Å². The number of carbonyl (C=O) groups excluding carboxylic acids is 1. The Morgan fingerprint density at radius 3 is 2.84 bits per heavy atom. The summed E-state index contributed by atoms with van der Waals surface area (Å²) >= 11 is 0. The Balaban J connectivity index is 0.00000324. The van der Waals surface area contributed by atoms with Crippen LogP contribution in [0.2, 0.25) is 0 Å². The molecular formula is C13H24N4O2. The Morgan fingerprint density at radius 1 is 1.47 bits per heavy atom. The Labute approximate surface area is 114 Å². The van der Waals surface area contributed by atoms with E-state index in [1.807, 2.05) is 6.92 Å². The molecular weight excluding hydrogens is 244 g/mol. The lowest BCUT2D eigenvalue weighted by atomic mass is 10.1. The zero-order chi connectivity index (χ0) is 13.4. The van der Waals surface area contributed by atoms with Gasteiger partial charge in [0, 0.05) is 6.20 Å². The second-order valence-corrected chi connectivity index (χ2v) is 4.31. The minimum absolute atomic E-state index is 0. The molecule has 19 heavy (non-hydrogen) atoms. The van der Waals surface area contributed by atoms with E-state index in [1.165, 1.54) is 12.8 Å². The largest absolute Gasteiger partial charge is 0.412 e. The highest BCUT2D eigenvalue weighted by atomic mass is 16.1. The fourth-order valence-electron chi connectivity index (χ4n) is 1.64. The standard InChI is InChI=1S/C13H22N4O.H2O/c1-3-4-5-7-15-10(2)13(18)11-6-8-16-12(9-14)17-11;/h6,8,10,15H,3-5,7,9,14H2,1-2H3;1H2. The molecule has 1 aromatic rings. The van der Waals surface area contributed by atoms with E-state index in [0.717, 1.165) is 13.0 Å². The summed E-state index contributed by atoms with van der Waals surface area (Å²) in [6.45, 7) is 5.12. The van der Waals surface area contributed by atoms with E-state index in [9.17, 15) is 4.79 Å². The average molecular weight is 268 g/mol. The van der Waals surface area contributed by atoms with Crippen molar-refractivity contribution in [3.8, 4) is 0 Å². The molecule has 0 aliphatic heterocycles. The fraction of sp³-hybridized carbons (Fsp3) is 0.615. The molecule has 0 spiro atoms. The van der Waals surface area contributed by atoms with Gasteiger partial charge in [-0.15, -0.1) is 0 Å². The summed E-state index contributed by atoms with van der Waals surface area (Å²) in [6.07, 6.45) is 5.02. The summed E-state index contributed by atoms with van der Waals surface area (Å²) in [5.41, 5.74) is 5.89. The normalized spacial score (nSPS) is 11.7. The summed E-state index contributed by atoms with van der Waals surface area (Å²) in [5, 5.41) is 3.21. The molecule has 0 saturated heterocycles. The lowest BCUT2D eigenvalue weighted by Gasteiger charge is -2.12. The van der Waals surface area contributed by atoms with Crippen LogP contribution in [0.4, 0.5) is 0 Å². The molecule has 1 aromatic heterocycles. The summed E-state index contributed by atoms with van der Waals surface area (Å²) in [7, 11) is 0. The Hall–Kier alpha value is -1.37. The number of ketones is 1. The number of nitrogens with one attached hydrogen (secondary N) is 1. The number of hydrogen-bond acceptors (Lipinski definition) is 5. The first kappa shape index (κ1) is 17.6. The number of nitrogens with zero attached hydrogens (tertiary/aromatic N) is 2. The number of aromatic nitrogens is 2. The van der Waals surface area contributed by atoms with Gasteiger partial charge in [0.25, 0.3) is 0 Å². The van der Waals surface area contributed by atoms with Crippen LogP contribution in [0.25, 0.3) is 0 Å². The molecule has 0 aliphatic rings. The van der Waals surface area contributed by atoms with Gasteiger partial charge in [-0.2, -0.15) is 0 Å². The van der Waals surface area contributed by atoms with Crippen LogP contribution in [0.5, 0.6) is 0 Å². The maximum atomic E-state index is 12.1. The first-order valence-corrected chi connectivity index (χ1v) is 6.48. The van der Waals surface area contributed by atoms with Gasteiger partial charge in [-0.05, 0) is 26.0 Å². The van der Waals surface area contributed by atoms with Crippen LogP contribution in [0, 0.1) is 0 Å². The van der Waals surface area contributed by atoms with Crippen molar-refractivity contribution in [2.75, 3.05) is 6.54 Å². The van der Waals surface area contributed by atoms with E-state index >= 15 is 0 Å². The number of rotatable bonds is 8. The second-order valence-electron chi connectivity index (χ2n) is 4.31. The molecule has 0 radical (unpaired) electrons. The monoisotopic (exact) mass is 268 g/mol. The van der Waals surface area contributed by atoms with E-state index in [1.54, 1.807) is 12.3 Å². The fourth-order valence-corrected chi connectivity index (χ4v) is 1.64. The molecule has 6 nitrogen and oxygen atoms in total. The van der Waals surface area contributed by atoms with Crippen LogP contribution in [0.15, 0.2) is 12.3 Å². The molecule has 1 rings (SSSR count). The van der Waals surface area contributed by atoms with E-state index in [0.29, 0.717) is 11.5 Å². The van der Waals surface area contributed by atoms with Gasteiger partial charge in [-0.3, -0.25) is 4.79 Å². The minimum atomic E-state index is -0.220. The van der Waals surface area contributed by atoms with Crippen LogP contribution >= 0.6 is 0 Å². The van der Waals surface area contributed by atoms with Crippen LogP contribution < -0.4 is 11.1 Å². The SMILES string of the molecule is CCCCCNC(C)C(=O)c1ccnc(CN)n1.O.